The Balaban J connectivity index is 0. The predicted molar refractivity (Wildman–Crippen MR) is 50.0 cm³/mol. The van der Waals surface area contributed by atoms with E-state index < -0.39 is 15.9 Å². The maximum absolute atomic E-state index is 5.16. The average Bonchev–Trinajstić information content (AvgIpc) is 2.03. The molecule has 68 valence electrons. The van der Waals surface area contributed by atoms with Crippen molar-refractivity contribution in [1.82, 2.24) is 0 Å². The zero-order valence-corrected chi connectivity index (χ0v) is 8.58. The van der Waals surface area contributed by atoms with Gasteiger partial charge in [-0.1, -0.05) is 0 Å². The molecule has 0 rings (SSSR count). The van der Waals surface area contributed by atoms with Gasteiger partial charge in [0.15, 0.2) is 0 Å². The summed E-state index contributed by atoms with van der Waals surface area (Å²) in [5.74, 6) is 0. The molecule has 0 spiro atoms. The van der Waals surface area contributed by atoms with Crippen LogP contribution in [0.3, 0.4) is 0 Å². The first-order chi connectivity index (χ1) is 5.41. The van der Waals surface area contributed by atoms with E-state index in [9.17, 15) is 0 Å². The normalized spacial score (nSPS) is 9.17. The Labute approximate surface area is 123 Å². The summed E-state index contributed by atoms with van der Waals surface area (Å²) in [6.07, 6.45) is 0. The molecule has 0 bridgehead atoms. The molecule has 0 unspecified atom stereocenters. The molecule has 0 heterocycles. The van der Waals surface area contributed by atoms with E-state index in [2.05, 4.69) is 0 Å². The average molecular weight is 218 g/mol. The van der Waals surface area contributed by atoms with E-state index in [0.717, 1.165) is 0 Å². The molecule has 0 fully saturated rings. The van der Waals surface area contributed by atoms with Crippen LogP contribution in [-0.4, -0.2) is 108 Å². The second-order valence-corrected chi connectivity index (χ2v) is 2.97. The van der Waals surface area contributed by atoms with Gasteiger partial charge in [0.2, 0.25) is 0 Å². The molecule has 0 radical (unpaired) electrons. The Morgan fingerprint density at radius 2 is 1.25 bits per heavy atom. The van der Waals surface area contributed by atoms with Crippen LogP contribution < -0.4 is 0 Å². The number of rotatable bonds is 8. The van der Waals surface area contributed by atoms with Crippen molar-refractivity contribution in [2.45, 2.75) is 0 Å². The van der Waals surface area contributed by atoms with Gasteiger partial charge in [0.1, 0.15) is 0 Å². The first-order valence-corrected chi connectivity index (χ1v) is 4.70. The summed E-state index contributed by atoms with van der Waals surface area (Å²) in [6.45, 7) is 2.55. The van der Waals surface area contributed by atoms with Gasteiger partial charge in [0.05, 0.1) is 13.2 Å². The van der Waals surface area contributed by atoms with Crippen molar-refractivity contribution in [2.75, 3.05) is 40.6 Å². The van der Waals surface area contributed by atoms with Crippen molar-refractivity contribution in [2.24, 2.45) is 0 Å². The number of methoxy groups -OCH3 is 2. The maximum atomic E-state index is 5.16. The summed E-state index contributed by atoms with van der Waals surface area (Å²) in [4.78, 5) is 0. The van der Waals surface area contributed by atoms with Gasteiger partial charge in [0, 0.05) is 27.4 Å². The monoisotopic (exact) mass is 218 g/mol. The fraction of sp³-hybridized carbons (Fsp3) is 1.00. The quantitative estimate of drug-likeness (QED) is 0.384. The summed E-state index contributed by atoms with van der Waals surface area (Å²) in [5, 5.41) is 0. The molecule has 0 aliphatic rings. The summed E-state index contributed by atoms with van der Waals surface area (Å²) in [5.41, 5.74) is 0. The number of ether oxygens (including phenoxy) is 2. The van der Waals surface area contributed by atoms with Gasteiger partial charge < -0.3 is 17.1 Å². The fourth-order valence-corrected chi connectivity index (χ4v) is 1.05. The molecule has 12 heavy (non-hydrogen) atoms. The van der Waals surface area contributed by atoms with E-state index in [1.165, 1.54) is 0 Å². The molecule has 6 heteroatoms. The summed E-state index contributed by atoms with van der Waals surface area (Å²) >= 11 is -0.789. The number of hydrogen-bond donors (Lipinski definition) is 0. The number of hydrogen-bond acceptors (Lipinski definition) is 4. The second-order valence-electron chi connectivity index (χ2n) is 1.92. The van der Waals surface area contributed by atoms with Crippen molar-refractivity contribution in [3.8, 4) is 0 Å². The van der Waals surface area contributed by atoms with E-state index in [0.29, 0.717) is 26.4 Å². The van der Waals surface area contributed by atoms with Crippen LogP contribution in [-0.2, 0) is 17.1 Å². The van der Waals surface area contributed by atoms with Crippen molar-refractivity contribution >= 4 is 67.3 Å². The predicted octanol–water partition coefficient (Wildman–Crippen LogP) is -1.07. The van der Waals surface area contributed by atoms with Crippen LogP contribution in [0, 0.1) is 0 Å². The third-order valence-electron chi connectivity index (χ3n) is 1.03. The molecular weight excluding hydrogens is 202 g/mol. The van der Waals surface area contributed by atoms with Gasteiger partial charge in [-0.2, -0.15) is 0 Å². The SMILES string of the molecule is COCC[O][AlH][O]CCOC.[KH]. The van der Waals surface area contributed by atoms with Gasteiger partial charge in [-0.05, 0) is 0 Å². The van der Waals surface area contributed by atoms with Gasteiger partial charge in [0.25, 0.3) is 0 Å². The minimum absolute atomic E-state index is 0. The Kier molecular flexibility index (Phi) is 21.2. The molecule has 0 N–H and O–H groups in total. The van der Waals surface area contributed by atoms with Crippen LogP contribution >= 0.6 is 0 Å². The van der Waals surface area contributed by atoms with Gasteiger partial charge in [-0.15, -0.1) is 0 Å². The van der Waals surface area contributed by atoms with Gasteiger partial charge >= 0.3 is 67.3 Å². The second kappa shape index (κ2) is 15.5. The fourth-order valence-electron chi connectivity index (χ4n) is 0.461. The van der Waals surface area contributed by atoms with Crippen molar-refractivity contribution in [3.05, 3.63) is 0 Å². The van der Waals surface area contributed by atoms with Crippen LogP contribution in [0.1, 0.15) is 0 Å². The molecule has 0 aliphatic carbocycles. The molecular formula is C6H16AlKO4. The van der Waals surface area contributed by atoms with Crippen molar-refractivity contribution in [3.63, 3.8) is 0 Å². The Morgan fingerprint density at radius 3 is 1.58 bits per heavy atom. The molecule has 0 amide bonds. The Morgan fingerprint density at radius 1 is 0.833 bits per heavy atom. The third-order valence-corrected chi connectivity index (χ3v) is 1.94. The molecule has 0 atom stereocenters. The zero-order chi connectivity index (χ0) is 8.36. The molecule has 0 aliphatic heterocycles. The Hall–Kier alpha value is 2.01. The first kappa shape index (κ1) is 16.4. The van der Waals surface area contributed by atoms with Crippen molar-refractivity contribution in [1.29, 1.82) is 0 Å². The Bertz CT molecular complexity index is 68.6. The molecule has 0 aromatic carbocycles. The summed E-state index contributed by atoms with van der Waals surface area (Å²) in [6, 6.07) is 0. The summed E-state index contributed by atoms with van der Waals surface area (Å²) in [7, 11) is 3.30. The van der Waals surface area contributed by atoms with E-state index in [1.807, 2.05) is 0 Å². The van der Waals surface area contributed by atoms with E-state index >= 15 is 0 Å². The van der Waals surface area contributed by atoms with Crippen LogP contribution in [0.4, 0.5) is 0 Å². The minimum atomic E-state index is -0.789. The topological polar surface area (TPSA) is 36.9 Å². The van der Waals surface area contributed by atoms with E-state index in [-0.39, 0.29) is 51.4 Å². The third kappa shape index (κ3) is 14.5. The summed E-state index contributed by atoms with van der Waals surface area (Å²) < 4.78 is 19.9. The first-order valence-electron chi connectivity index (χ1n) is 3.55. The molecule has 0 saturated heterocycles. The standard InChI is InChI=1S/2C3H7O2.Al.K.2H/c2*1-5-3-2-4;;;;/h2*2-3H2,1H3;;;;/q2*-1;+2;;;. The van der Waals surface area contributed by atoms with E-state index in [1.54, 1.807) is 14.2 Å². The zero-order valence-electron chi connectivity index (χ0n) is 7.17. The van der Waals surface area contributed by atoms with Gasteiger partial charge in [-0.25, -0.2) is 0 Å². The van der Waals surface area contributed by atoms with Crippen molar-refractivity contribution < 1.29 is 17.1 Å². The van der Waals surface area contributed by atoms with Crippen LogP contribution in [0.5, 0.6) is 0 Å². The van der Waals surface area contributed by atoms with Gasteiger partial charge in [-0.3, -0.25) is 0 Å². The van der Waals surface area contributed by atoms with Crippen LogP contribution in [0.25, 0.3) is 0 Å². The van der Waals surface area contributed by atoms with Crippen LogP contribution in [0.2, 0.25) is 0 Å². The molecule has 0 aromatic heterocycles. The van der Waals surface area contributed by atoms with Crippen LogP contribution in [0.15, 0.2) is 0 Å². The molecule has 0 aromatic rings. The van der Waals surface area contributed by atoms with E-state index in [4.69, 9.17) is 17.1 Å². The molecule has 0 saturated carbocycles. The molecule has 4 nitrogen and oxygen atoms in total.